The molecule has 1 aliphatic rings. The summed E-state index contributed by atoms with van der Waals surface area (Å²) in [5, 5.41) is 6.94. The van der Waals surface area contributed by atoms with Gasteiger partial charge in [0, 0.05) is 18.7 Å². The van der Waals surface area contributed by atoms with E-state index >= 15 is 0 Å². The van der Waals surface area contributed by atoms with Gasteiger partial charge in [0.2, 0.25) is 5.91 Å². The van der Waals surface area contributed by atoms with Crippen molar-refractivity contribution in [1.29, 1.82) is 0 Å². The van der Waals surface area contributed by atoms with Crippen molar-refractivity contribution in [2.45, 2.75) is 42.2 Å². The highest BCUT2D eigenvalue weighted by Gasteiger charge is 2.30. The molecular formula is C19H22N2O4S2. The Morgan fingerprint density at radius 1 is 1.07 bits per heavy atom. The third-order valence-electron chi connectivity index (χ3n) is 4.59. The first-order chi connectivity index (χ1) is 13.0. The number of carbonyl (C=O) groups excluding carboxylic acids is 2. The molecule has 1 aromatic heterocycles. The molecule has 1 aliphatic carbocycles. The van der Waals surface area contributed by atoms with E-state index in [0.717, 1.165) is 25.7 Å². The summed E-state index contributed by atoms with van der Waals surface area (Å²) >= 11 is 1.34. The van der Waals surface area contributed by atoms with Gasteiger partial charge >= 0.3 is 0 Å². The molecule has 1 saturated carbocycles. The molecule has 27 heavy (non-hydrogen) atoms. The van der Waals surface area contributed by atoms with Crippen LogP contribution in [0.5, 0.6) is 0 Å². The highest BCUT2D eigenvalue weighted by Crippen LogP contribution is 2.30. The number of benzene rings is 1. The van der Waals surface area contributed by atoms with Crippen LogP contribution in [0.2, 0.25) is 0 Å². The molecule has 6 nitrogen and oxygen atoms in total. The zero-order chi connectivity index (χ0) is 19.3. The van der Waals surface area contributed by atoms with Gasteiger partial charge in [-0.2, -0.15) is 0 Å². The zero-order valence-corrected chi connectivity index (χ0v) is 16.4. The fraction of sp³-hybridized carbons (Fsp3) is 0.368. The van der Waals surface area contributed by atoms with Gasteiger partial charge in [0.15, 0.2) is 9.84 Å². The molecule has 1 fully saturated rings. The molecule has 144 valence electrons. The third-order valence-corrected chi connectivity index (χ3v) is 7.74. The van der Waals surface area contributed by atoms with Crippen LogP contribution in [0.1, 0.15) is 41.8 Å². The summed E-state index contributed by atoms with van der Waals surface area (Å²) < 4.78 is 25.1. The van der Waals surface area contributed by atoms with E-state index in [1.807, 2.05) is 5.38 Å². The van der Waals surface area contributed by atoms with Crippen molar-refractivity contribution in [3.8, 4) is 0 Å². The summed E-state index contributed by atoms with van der Waals surface area (Å²) in [4.78, 5) is 24.7. The average Bonchev–Trinajstić information content (AvgIpc) is 3.36. The topological polar surface area (TPSA) is 92.3 Å². The van der Waals surface area contributed by atoms with Crippen LogP contribution < -0.4 is 10.6 Å². The summed E-state index contributed by atoms with van der Waals surface area (Å²) in [5.41, 5.74) is 0.537. The molecule has 0 atom stereocenters. The molecule has 0 unspecified atom stereocenters. The Morgan fingerprint density at radius 2 is 1.78 bits per heavy atom. The van der Waals surface area contributed by atoms with Crippen LogP contribution in [0.15, 0.2) is 46.7 Å². The second kappa shape index (κ2) is 8.67. The first kappa shape index (κ1) is 19.6. The van der Waals surface area contributed by atoms with Crippen molar-refractivity contribution in [2.75, 3.05) is 11.9 Å². The number of hydrogen-bond acceptors (Lipinski definition) is 5. The molecule has 0 saturated heterocycles. The van der Waals surface area contributed by atoms with E-state index in [1.165, 1.54) is 11.3 Å². The molecule has 2 amide bonds. The second-order valence-electron chi connectivity index (χ2n) is 6.51. The van der Waals surface area contributed by atoms with Crippen LogP contribution >= 0.6 is 11.3 Å². The Morgan fingerprint density at radius 3 is 2.41 bits per heavy atom. The Balaban J connectivity index is 1.49. The van der Waals surface area contributed by atoms with Crippen LogP contribution in [-0.4, -0.2) is 32.0 Å². The fourth-order valence-corrected chi connectivity index (χ4v) is 5.62. The normalized spacial score (nSPS) is 14.8. The van der Waals surface area contributed by atoms with Crippen molar-refractivity contribution < 1.29 is 18.0 Å². The summed E-state index contributed by atoms with van der Waals surface area (Å²) in [6.45, 7) is 0.233. The lowest BCUT2D eigenvalue weighted by Crippen LogP contribution is -2.27. The average molecular weight is 407 g/mol. The summed E-state index contributed by atoms with van der Waals surface area (Å²) in [6, 6.07) is 9.81. The maximum Gasteiger partial charge on any atom is 0.261 e. The smallest absolute Gasteiger partial charge is 0.261 e. The Kier molecular flexibility index (Phi) is 6.28. The lowest BCUT2D eigenvalue weighted by Gasteiger charge is -2.12. The molecule has 0 spiro atoms. The number of amides is 2. The van der Waals surface area contributed by atoms with E-state index in [-0.39, 0.29) is 30.0 Å². The molecule has 0 bridgehead atoms. The standard InChI is InChI=1S/C19H22N2O4S2/c22-18(11-12-20-19(23)17-6-3-13-26-17)21-14-7-9-16(10-8-14)27(24,25)15-4-1-2-5-15/h3,6-10,13,15H,1-2,4-5,11-12H2,(H,20,23)(H,21,22). The number of carbonyl (C=O) groups is 2. The molecule has 8 heteroatoms. The number of sulfone groups is 1. The lowest BCUT2D eigenvalue weighted by molar-refractivity contribution is -0.116. The predicted molar refractivity (Wildman–Crippen MR) is 106 cm³/mol. The van der Waals surface area contributed by atoms with Gasteiger partial charge < -0.3 is 10.6 Å². The fourth-order valence-electron chi connectivity index (χ4n) is 3.13. The van der Waals surface area contributed by atoms with Gasteiger partial charge in [0.1, 0.15) is 0 Å². The van der Waals surface area contributed by atoms with E-state index in [2.05, 4.69) is 10.6 Å². The number of hydrogen-bond donors (Lipinski definition) is 2. The van der Waals surface area contributed by atoms with Gasteiger partial charge in [-0.05, 0) is 48.6 Å². The number of thiophene rings is 1. The van der Waals surface area contributed by atoms with Crippen molar-refractivity contribution >= 4 is 38.7 Å². The van der Waals surface area contributed by atoms with Crippen LogP contribution in [0.3, 0.4) is 0 Å². The molecule has 0 radical (unpaired) electrons. The van der Waals surface area contributed by atoms with E-state index < -0.39 is 9.84 Å². The Labute approximate surface area is 162 Å². The molecule has 0 aliphatic heterocycles. The predicted octanol–water partition coefficient (Wildman–Crippen LogP) is 3.22. The number of nitrogens with one attached hydrogen (secondary N) is 2. The van der Waals surface area contributed by atoms with E-state index in [4.69, 9.17) is 0 Å². The van der Waals surface area contributed by atoms with E-state index in [9.17, 15) is 18.0 Å². The summed E-state index contributed by atoms with van der Waals surface area (Å²) in [6.07, 6.45) is 3.50. The lowest BCUT2D eigenvalue weighted by atomic mass is 10.3. The van der Waals surface area contributed by atoms with Crippen molar-refractivity contribution in [2.24, 2.45) is 0 Å². The quantitative estimate of drug-likeness (QED) is 0.738. The van der Waals surface area contributed by atoms with Crippen molar-refractivity contribution in [1.82, 2.24) is 5.32 Å². The van der Waals surface area contributed by atoms with Gasteiger partial charge in [0.25, 0.3) is 5.91 Å². The first-order valence-electron chi connectivity index (χ1n) is 8.92. The van der Waals surface area contributed by atoms with Crippen LogP contribution in [0.4, 0.5) is 5.69 Å². The molecular weight excluding hydrogens is 384 g/mol. The zero-order valence-electron chi connectivity index (χ0n) is 14.8. The van der Waals surface area contributed by atoms with E-state index in [1.54, 1.807) is 36.4 Å². The molecule has 2 aromatic rings. The minimum Gasteiger partial charge on any atom is -0.351 e. The Bertz CT molecular complexity index is 884. The highest BCUT2D eigenvalue weighted by atomic mass is 32.2. The van der Waals surface area contributed by atoms with Gasteiger partial charge in [-0.15, -0.1) is 11.3 Å². The van der Waals surface area contributed by atoms with E-state index in [0.29, 0.717) is 15.5 Å². The molecule has 3 rings (SSSR count). The highest BCUT2D eigenvalue weighted by molar-refractivity contribution is 7.92. The Hall–Kier alpha value is -2.19. The van der Waals surface area contributed by atoms with Gasteiger partial charge in [-0.1, -0.05) is 18.9 Å². The van der Waals surface area contributed by atoms with Crippen LogP contribution in [-0.2, 0) is 14.6 Å². The van der Waals surface area contributed by atoms with Gasteiger partial charge in [-0.25, -0.2) is 8.42 Å². The maximum atomic E-state index is 12.5. The van der Waals surface area contributed by atoms with Gasteiger partial charge in [0.05, 0.1) is 15.0 Å². The van der Waals surface area contributed by atoms with Crippen LogP contribution in [0.25, 0.3) is 0 Å². The summed E-state index contributed by atoms with van der Waals surface area (Å²) in [5.74, 6) is -0.438. The number of rotatable bonds is 7. The second-order valence-corrected chi connectivity index (χ2v) is 9.68. The largest absolute Gasteiger partial charge is 0.351 e. The SMILES string of the molecule is O=C(CCNC(=O)c1cccs1)Nc1ccc(S(=O)(=O)C2CCCC2)cc1. The minimum absolute atomic E-state index is 0.138. The number of anilines is 1. The first-order valence-corrected chi connectivity index (χ1v) is 11.3. The monoisotopic (exact) mass is 406 g/mol. The molecule has 1 heterocycles. The van der Waals surface area contributed by atoms with Crippen LogP contribution in [0, 0.1) is 0 Å². The summed E-state index contributed by atoms with van der Waals surface area (Å²) in [7, 11) is -3.29. The van der Waals surface area contributed by atoms with Crippen molar-refractivity contribution in [3.05, 3.63) is 46.7 Å². The molecule has 2 N–H and O–H groups in total. The van der Waals surface area contributed by atoms with Gasteiger partial charge in [-0.3, -0.25) is 9.59 Å². The molecule has 1 aromatic carbocycles. The van der Waals surface area contributed by atoms with Crippen molar-refractivity contribution in [3.63, 3.8) is 0 Å². The minimum atomic E-state index is -3.29. The maximum absolute atomic E-state index is 12.5. The third kappa shape index (κ3) is 4.95.